The fourth-order valence-electron chi connectivity index (χ4n) is 1.89. The summed E-state index contributed by atoms with van der Waals surface area (Å²) in [6.07, 6.45) is 0.844. The van der Waals surface area contributed by atoms with Crippen LogP contribution in [0.2, 0.25) is 0 Å². The molecule has 0 amide bonds. The molecule has 0 bridgehead atoms. The first kappa shape index (κ1) is 9.98. The molecule has 0 saturated heterocycles. The molecule has 2 rings (SSSR count). The fraction of sp³-hybridized carbons (Fsp3) is 0.364. The molecule has 1 heterocycles. The minimum Gasteiger partial charge on any atom is -0.497 e. The van der Waals surface area contributed by atoms with Crippen LogP contribution in [0.1, 0.15) is 17.2 Å². The van der Waals surface area contributed by atoms with Crippen molar-refractivity contribution in [2.24, 2.45) is 0 Å². The molecule has 0 unspecified atom stereocenters. The highest BCUT2D eigenvalue weighted by molar-refractivity contribution is 5.76. The van der Waals surface area contributed by atoms with Crippen LogP contribution in [0.3, 0.4) is 0 Å². The third-order valence-corrected chi connectivity index (χ3v) is 2.65. The van der Waals surface area contributed by atoms with Gasteiger partial charge >= 0.3 is 5.97 Å². The van der Waals surface area contributed by atoms with E-state index in [4.69, 9.17) is 9.84 Å². The number of carboxylic acids is 1. The normalized spacial score (nSPS) is 19.4. The van der Waals surface area contributed by atoms with E-state index < -0.39 is 12.0 Å². The second kappa shape index (κ2) is 3.90. The number of hydrogen-bond acceptors (Lipinski definition) is 3. The molecule has 0 aromatic heterocycles. The quantitative estimate of drug-likeness (QED) is 0.758. The van der Waals surface area contributed by atoms with Crippen LogP contribution in [0.25, 0.3) is 0 Å². The molecule has 1 aliphatic heterocycles. The Labute approximate surface area is 87.9 Å². The molecule has 1 aromatic rings. The van der Waals surface area contributed by atoms with E-state index >= 15 is 0 Å². The van der Waals surface area contributed by atoms with Gasteiger partial charge in [0.1, 0.15) is 11.8 Å². The van der Waals surface area contributed by atoms with Gasteiger partial charge in [0.2, 0.25) is 0 Å². The highest BCUT2D eigenvalue weighted by Gasteiger charge is 2.25. The smallest absolute Gasteiger partial charge is 0.325 e. The minimum absolute atomic E-state index is 0.584. The van der Waals surface area contributed by atoms with Crippen LogP contribution in [0.15, 0.2) is 18.2 Å². The first-order valence-corrected chi connectivity index (χ1v) is 4.85. The van der Waals surface area contributed by atoms with Gasteiger partial charge in [0.05, 0.1) is 7.11 Å². The van der Waals surface area contributed by atoms with Crippen LogP contribution in [0.4, 0.5) is 0 Å². The van der Waals surface area contributed by atoms with Crippen LogP contribution in [0.5, 0.6) is 5.75 Å². The third-order valence-electron chi connectivity index (χ3n) is 2.65. The number of aliphatic carboxylic acids is 1. The Morgan fingerprint density at radius 1 is 1.60 bits per heavy atom. The highest BCUT2D eigenvalue weighted by Crippen LogP contribution is 2.26. The lowest BCUT2D eigenvalue weighted by molar-refractivity contribution is -0.139. The Bertz CT molecular complexity index is 389. The molecule has 2 N–H and O–H groups in total. The van der Waals surface area contributed by atoms with E-state index in [0.29, 0.717) is 6.54 Å². The van der Waals surface area contributed by atoms with Crippen LogP contribution < -0.4 is 10.1 Å². The van der Waals surface area contributed by atoms with E-state index in [-0.39, 0.29) is 0 Å². The van der Waals surface area contributed by atoms with E-state index in [2.05, 4.69) is 5.32 Å². The lowest BCUT2D eigenvalue weighted by atomic mass is 9.94. The van der Waals surface area contributed by atoms with Crippen molar-refractivity contribution in [3.05, 3.63) is 29.3 Å². The number of nitrogens with one attached hydrogen (secondary N) is 1. The van der Waals surface area contributed by atoms with E-state index in [0.717, 1.165) is 23.3 Å². The number of hydrogen-bond donors (Lipinski definition) is 2. The van der Waals surface area contributed by atoms with Crippen molar-refractivity contribution >= 4 is 5.97 Å². The number of benzene rings is 1. The Hall–Kier alpha value is -1.55. The summed E-state index contributed by atoms with van der Waals surface area (Å²) in [6, 6.07) is 4.94. The van der Waals surface area contributed by atoms with E-state index in [1.807, 2.05) is 12.1 Å². The van der Waals surface area contributed by atoms with Gasteiger partial charge in [0.25, 0.3) is 0 Å². The first-order valence-electron chi connectivity index (χ1n) is 4.85. The van der Waals surface area contributed by atoms with Gasteiger partial charge in [0.15, 0.2) is 0 Å². The Kier molecular flexibility index (Phi) is 2.60. The molecule has 0 aliphatic carbocycles. The minimum atomic E-state index is -0.832. The molecule has 15 heavy (non-hydrogen) atoms. The van der Waals surface area contributed by atoms with Gasteiger partial charge in [0, 0.05) is 6.54 Å². The van der Waals surface area contributed by atoms with Crippen LogP contribution in [-0.4, -0.2) is 24.7 Å². The van der Waals surface area contributed by atoms with Crippen LogP contribution in [0, 0.1) is 0 Å². The third kappa shape index (κ3) is 1.80. The number of methoxy groups -OCH3 is 1. The number of fused-ring (bicyclic) bond motifs is 1. The summed E-state index contributed by atoms with van der Waals surface area (Å²) >= 11 is 0. The van der Waals surface area contributed by atoms with Gasteiger partial charge in [-0.1, -0.05) is 6.07 Å². The zero-order chi connectivity index (χ0) is 10.8. The fourth-order valence-corrected chi connectivity index (χ4v) is 1.89. The molecule has 4 nitrogen and oxygen atoms in total. The predicted molar refractivity (Wildman–Crippen MR) is 55.1 cm³/mol. The monoisotopic (exact) mass is 207 g/mol. The molecular formula is C11H13NO3. The van der Waals surface area contributed by atoms with E-state index in [1.165, 1.54) is 0 Å². The maximum atomic E-state index is 11.0. The molecular weight excluding hydrogens is 194 g/mol. The topological polar surface area (TPSA) is 58.6 Å². The van der Waals surface area contributed by atoms with Gasteiger partial charge in [-0.2, -0.15) is 0 Å². The van der Waals surface area contributed by atoms with Crippen LogP contribution >= 0.6 is 0 Å². The summed E-state index contributed by atoms with van der Waals surface area (Å²) in [6.45, 7) is 0.692. The van der Waals surface area contributed by atoms with Gasteiger partial charge < -0.3 is 15.2 Å². The zero-order valence-electron chi connectivity index (χ0n) is 8.49. The van der Waals surface area contributed by atoms with Crippen molar-refractivity contribution < 1.29 is 14.6 Å². The molecule has 0 saturated carbocycles. The van der Waals surface area contributed by atoms with E-state index in [1.54, 1.807) is 13.2 Å². The molecule has 4 heteroatoms. The molecule has 0 spiro atoms. The highest BCUT2D eigenvalue weighted by atomic mass is 16.5. The summed E-state index contributed by atoms with van der Waals surface area (Å²) < 4.78 is 5.11. The summed E-state index contributed by atoms with van der Waals surface area (Å²) in [4.78, 5) is 11.0. The summed E-state index contributed by atoms with van der Waals surface area (Å²) in [5.74, 6) is -0.0547. The predicted octanol–water partition coefficient (Wildman–Crippen LogP) is 0.967. The van der Waals surface area contributed by atoms with Gasteiger partial charge in [-0.05, 0) is 29.7 Å². The van der Waals surface area contributed by atoms with E-state index in [9.17, 15) is 4.79 Å². The summed E-state index contributed by atoms with van der Waals surface area (Å²) in [7, 11) is 1.61. The number of ether oxygens (including phenoxy) is 1. The maximum absolute atomic E-state index is 11.0. The zero-order valence-corrected chi connectivity index (χ0v) is 8.49. The van der Waals surface area contributed by atoms with Crippen molar-refractivity contribution in [3.63, 3.8) is 0 Å². The molecule has 1 atom stereocenters. The van der Waals surface area contributed by atoms with Gasteiger partial charge in [-0.3, -0.25) is 4.79 Å². The first-order chi connectivity index (χ1) is 7.22. The molecule has 0 radical (unpaired) electrons. The average Bonchev–Trinajstić information content (AvgIpc) is 2.27. The largest absolute Gasteiger partial charge is 0.497 e. The number of rotatable bonds is 2. The molecule has 0 fully saturated rings. The summed E-state index contributed by atoms with van der Waals surface area (Å²) in [5, 5.41) is 12.0. The number of carboxylic acid groups (broad SMARTS) is 1. The van der Waals surface area contributed by atoms with Crippen molar-refractivity contribution in [3.8, 4) is 5.75 Å². The van der Waals surface area contributed by atoms with Crippen LogP contribution in [-0.2, 0) is 11.2 Å². The maximum Gasteiger partial charge on any atom is 0.325 e. The Balaban J connectivity index is 2.40. The Morgan fingerprint density at radius 2 is 2.40 bits per heavy atom. The summed E-state index contributed by atoms with van der Waals surface area (Å²) in [5.41, 5.74) is 1.90. The second-order valence-corrected chi connectivity index (χ2v) is 3.54. The SMILES string of the molecule is COc1ccc2c(c1)CCN[C@@H]2C(=O)O. The van der Waals surface area contributed by atoms with Gasteiger partial charge in [-0.15, -0.1) is 0 Å². The lowest BCUT2D eigenvalue weighted by Gasteiger charge is -2.24. The molecule has 1 aromatic carbocycles. The number of carbonyl (C=O) groups is 1. The van der Waals surface area contributed by atoms with Crippen molar-refractivity contribution in [2.75, 3.05) is 13.7 Å². The van der Waals surface area contributed by atoms with Gasteiger partial charge in [-0.25, -0.2) is 0 Å². The molecule has 1 aliphatic rings. The average molecular weight is 207 g/mol. The lowest BCUT2D eigenvalue weighted by Crippen LogP contribution is -2.34. The Morgan fingerprint density at radius 3 is 3.07 bits per heavy atom. The molecule has 80 valence electrons. The second-order valence-electron chi connectivity index (χ2n) is 3.54. The van der Waals surface area contributed by atoms with Crippen molar-refractivity contribution in [1.29, 1.82) is 0 Å². The standard InChI is InChI=1S/C11H13NO3/c1-15-8-2-3-9-7(6-8)4-5-12-10(9)11(13)14/h2-3,6,10,12H,4-5H2,1H3,(H,13,14)/t10-/m0/s1. The van der Waals surface area contributed by atoms with Crippen molar-refractivity contribution in [1.82, 2.24) is 5.32 Å². The van der Waals surface area contributed by atoms with Crippen molar-refractivity contribution in [2.45, 2.75) is 12.5 Å².